The van der Waals surface area contributed by atoms with Gasteiger partial charge in [-0.2, -0.15) is 0 Å². The van der Waals surface area contributed by atoms with E-state index in [9.17, 15) is 9.59 Å². The van der Waals surface area contributed by atoms with Crippen molar-refractivity contribution in [3.8, 4) is 0 Å². The van der Waals surface area contributed by atoms with Gasteiger partial charge < -0.3 is 4.74 Å². The summed E-state index contributed by atoms with van der Waals surface area (Å²) >= 11 is 0. The van der Waals surface area contributed by atoms with E-state index in [0.29, 0.717) is 18.5 Å². The molecule has 0 N–H and O–H groups in total. The van der Waals surface area contributed by atoms with Crippen molar-refractivity contribution >= 4 is 12.4 Å². The lowest BCUT2D eigenvalue weighted by molar-refractivity contribution is -0.105. The van der Waals surface area contributed by atoms with Crippen LogP contribution in [-0.2, 0) is 9.53 Å². The molecule has 0 saturated heterocycles. The van der Waals surface area contributed by atoms with E-state index in [1.165, 1.54) is 12.0 Å². The standard InChI is InChI=1S/C11H19NO3/c1-4-6-7-12(11(14)15-3)8-10(5-2)9-13/h8-9H,4-7H2,1-3H3. The van der Waals surface area contributed by atoms with Crippen LogP contribution < -0.4 is 0 Å². The predicted molar refractivity (Wildman–Crippen MR) is 58.5 cm³/mol. The Morgan fingerprint density at radius 3 is 2.47 bits per heavy atom. The number of carbonyl (C=O) groups excluding carboxylic acids is 2. The van der Waals surface area contributed by atoms with Crippen LogP contribution in [0.3, 0.4) is 0 Å². The zero-order chi connectivity index (χ0) is 11.7. The predicted octanol–water partition coefficient (Wildman–Crippen LogP) is 2.35. The first-order valence-corrected chi connectivity index (χ1v) is 5.20. The summed E-state index contributed by atoms with van der Waals surface area (Å²) in [6.45, 7) is 4.50. The summed E-state index contributed by atoms with van der Waals surface area (Å²) in [5.41, 5.74) is 0.594. The number of methoxy groups -OCH3 is 1. The third-order valence-corrected chi connectivity index (χ3v) is 2.04. The lowest BCUT2D eigenvalue weighted by Crippen LogP contribution is -2.27. The Hall–Kier alpha value is -1.32. The van der Waals surface area contributed by atoms with Crippen molar-refractivity contribution in [2.45, 2.75) is 33.1 Å². The Kier molecular flexibility index (Phi) is 7.32. The molecule has 1 amide bonds. The zero-order valence-corrected chi connectivity index (χ0v) is 9.66. The number of allylic oxidation sites excluding steroid dienone is 1. The minimum atomic E-state index is -0.420. The quantitative estimate of drug-likeness (QED) is 0.502. The first kappa shape index (κ1) is 13.7. The van der Waals surface area contributed by atoms with Crippen molar-refractivity contribution < 1.29 is 14.3 Å². The molecule has 0 atom stereocenters. The molecule has 0 aliphatic heterocycles. The summed E-state index contributed by atoms with van der Waals surface area (Å²) in [5, 5.41) is 0. The minimum absolute atomic E-state index is 0.420. The normalized spacial score (nSPS) is 11.0. The second-order valence-electron chi connectivity index (χ2n) is 3.19. The van der Waals surface area contributed by atoms with E-state index in [0.717, 1.165) is 19.1 Å². The lowest BCUT2D eigenvalue weighted by Gasteiger charge is -2.17. The van der Waals surface area contributed by atoms with E-state index in [4.69, 9.17) is 0 Å². The van der Waals surface area contributed by atoms with Crippen molar-refractivity contribution in [2.75, 3.05) is 13.7 Å². The molecule has 0 aliphatic carbocycles. The average molecular weight is 213 g/mol. The van der Waals surface area contributed by atoms with E-state index in [1.807, 2.05) is 13.8 Å². The van der Waals surface area contributed by atoms with Crippen molar-refractivity contribution in [1.29, 1.82) is 0 Å². The number of unbranched alkanes of at least 4 members (excludes halogenated alkanes) is 1. The summed E-state index contributed by atoms with van der Waals surface area (Å²) in [6.07, 6.45) is 4.40. The van der Waals surface area contributed by atoms with Crippen molar-refractivity contribution in [3.63, 3.8) is 0 Å². The molecule has 0 rings (SSSR count). The van der Waals surface area contributed by atoms with Gasteiger partial charge in [0.05, 0.1) is 7.11 Å². The summed E-state index contributed by atoms with van der Waals surface area (Å²) in [5.74, 6) is 0. The van der Waals surface area contributed by atoms with Crippen LogP contribution in [0, 0.1) is 0 Å². The maximum atomic E-state index is 11.3. The van der Waals surface area contributed by atoms with Crippen molar-refractivity contribution in [2.24, 2.45) is 0 Å². The Morgan fingerprint density at radius 1 is 1.40 bits per heavy atom. The Morgan fingerprint density at radius 2 is 2.07 bits per heavy atom. The second-order valence-corrected chi connectivity index (χ2v) is 3.19. The molecule has 0 heterocycles. The molecular formula is C11H19NO3. The van der Waals surface area contributed by atoms with Crippen LogP contribution in [0.5, 0.6) is 0 Å². The summed E-state index contributed by atoms with van der Waals surface area (Å²) in [6, 6.07) is 0. The van der Waals surface area contributed by atoms with E-state index in [2.05, 4.69) is 4.74 Å². The van der Waals surface area contributed by atoms with Crippen LogP contribution >= 0.6 is 0 Å². The number of carbonyl (C=O) groups is 2. The summed E-state index contributed by atoms with van der Waals surface area (Å²) < 4.78 is 4.63. The van der Waals surface area contributed by atoms with Gasteiger partial charge in [0.25, 0.3) is 0 Å². The minimum Gasteiger partial charge on any atom is -0.452 e. The zero-order valence-electron chi connectivity index (χ0n) is 9.66. The van der Waals surface area contributed by atoms with Crippen LogP contribution in [0.1, 0.15) is 33.1 Å². The topological polar surface area (TPSA) is 46.6 Å². The van der Waals surface area contributed by atoms with Crippen LogP contribution in [0.15, 0.2) is 11.8 Å². The van der Waals surface area contributed by atoms with Gasteiger partial charge in [0.2, 0.25) is 0 Å². The molecule has 0 fully saturated rings. The largest absolute Gasteiger partial charge is 0.452 e. The Bertz CT molecular complexity index is 236. The fourth-order valence-electron chi connectivity index (χ4n) is 1.06. The highest BCUT2D eigenvalue weighted by Crippen LogP contribution is 2.04. The summed E-state index contributed by atoms with van der Waals surface area (Å²) in [7, 11) is 1.33. The number of amides is 1. The molecule has 0 aliphatic rings. The third-order valence-electron chi connectivity index (χ3n) is 2.04. The SMILES string of the molecule is CCCCN(C=C(C=O)CC)C(=O)OC. The van der Waals surface area contributed by atoms with Crippen LogP contribution in [0.4, 0.5) is 4.79 Å². The number of ether oxygens (including phenoxy) is 1. The van der Waals surface area contributed by atoms with Crippen LogP contribution in [-0.4, -0.2) is 30.9 Å². The molecule has 0 bridgehead atoms. The fraction of sp³-hybridized carbons (Fsp3) is 0.636. The van der Waals surface area contributed by atoms with Gasteiger partial charge >= 0.3 is 6.09 Å². The first-order valence-electron chi connectivity index (χ1n) is 5.20. The smallest absolute Gasteiger partial charge is 0.413 e. The van der Waals surface area contributed by atoms with Gasteiger partial charge in [-0.1, -0.05) is 20.3 Å². The highest BCUT2D eigenvalue weighted by atomic mass is 16.5. The van der Waals surface area contributed by atoms with Gasteiger partial charge in [0.1, 0.15) is 6.29 Å². The van der Waals surface area contributed by atoms with Gasteiger partial charge in [-0.05, 0) is 12.8 Å². The molecule has 4 heteroatoms. The van der Waals surface area contributed by atoms with Gasteiger partial charge in [0.15, 0.2) is 0 Å². The van der Waals surface area contributed by atoms with E-state index < -0.39 is 6.09 Å². The van der Waals surface area contributed by atoms with Gasteiger partial charge in [0, 0.05) is 18.3 Å². The summed E-state index contributed by atoms with van der Waals surface area (Å²) in [4.78, 5) is 23.4. The molecule has 0 aromatic heterocycles. The number of nitrogens with zero attached hydrogens (tertiary/aromatic N) is 1. The molecule has 0 radical (unpaired) electrons. The monoisotopic (exact) mass is 213 g/mol. The third kappa shape index (κ3) is 5.20. The van der Waals surface area contributed by atoms with Crippen molar-refractivity contribution in [1.82, 2.24) is 4.90 Å². The maximum Gasteiger partial charge on any atom is 0.413 e. The van der Waals surface area contributed by atoms with Crippen LogP contribution in [0.2, 0.25) is 0 Å². The molecule has 0 saturated carbocycles. The Labute approximate surface area is 90.9 Å². The number of rotatable bonds is 6. The second kappa shape index (κ2) is 8.03. The average Bonchev–Trinajstić information content (AvgIpc) is 2.28. The van der Waals surface area contributed by atoms with E-state index >= 15 is 0 Å². The number of aldehydes is 1. The molecular weight excluding hydrogens is 194 g/mol. The maximum absolute atomic E-state index is 11.3. The molecule has 15 heavy (non-hydrogen) atoms. The molecule has 0 unspecified atom stereocenters. The molecule has 0 spiro atoms. The molecule has 0 aromatic carbocycles. The highest BCUT2D eigenvalue weighted by molar-refractivity contribution is 5.75. The van der Waals surface area contributed by atoms with Crippen molar-refractivity contribution in [3.05, 3.63) is 11.8 Å². The van der Waals surface area contributed by atoms with E-state index in [-0.39, 0.29) is 0 Å². The number of hydrogen-bond donors (Lipinski definition) is 0. The highest BCUT2D eigenvalue weighted by Gasteiger charge is 2.10. The molecule has 0 aromatic rings. The van der Waals surface area contributed by atoms with Crippen LogP contribution in [0.25, 0.3) is 0 Å². The van der Waals surface area contributed by atoms with Gasteiger partial charge in [-0.3, -0.25) is 9.69 Å². The molecule has 86 valence electrons. The van der Waals surface area contributed by atoms with Gasteiger partial charge in [-0.25, -0.2) is 4.79 Å². The van der Waals surface area contributed by atoms with Gasteiger partial charge in [-0.15, -0.1) is 0 Å². The first-order chi connectivity index (χ1) is 7.19. The van der Waals surface area contributed by atoms with E-state index in [1.54, 1.807) is 6.20 Å². The number of hydrogen-bond acceptors (Lipinski definition) is 3. The Balaban J connectivity index is 4.54. The molecule has 4 nitrogen and oxygen atoms in total. The fourth-order valence-corrected chi connectivity index (χ4v) is 1.06. The lowest BCUT2D eigenvalue weighted by atomic mass is 10.2.